The van der Waals surface area contributed by atoms with Gasteiger partial charge in [-0.15, -0.1) is 0 Å². The summed E-state index contributed by atoms with van der Waals surface area (Å²) in [5, 5.41) is 3.70. The van der Waals surface area contributed by atoms with Gasteiger partial charge in [0.05, 0.1) is 31.6 Å². The number of aryl methyl sites for hydroxylation is 1. The first kappa shape index (κ1) is 18.0. The summed E-state index contributed by atoms with van der Waals surface area (Å²) in [7, 11) is 5.08. The zero-order chi connectivity index (χ0) is 19.8. The van der Waals surface area contributed by atoms with Crippen molar-refractivity contribution >= 4 is 28.9 Å². The van der Waals surface area contributed by atoms with Crippen molar-refractivity contribution in [2.45, 2.75) is 6.42 Å². The van der Waals surface area contributed by atoms with Gasteiger partial charge in [-0.05, 0) is 24.6 Å². The first-order valence-corrected chi connectivity index (χ1v) is 8.86. The Kier molecular flexibility index (Phi) is 4.46. The van der Waals surface area contributed by atoms with Crippen LogP contribution < -0.4 is 14.8 Å². The average Bonchev–Trinajstić information content (AvgIpc) is 3.45. The van der Waals surface area contributed by atoms with E-state index in [0.29, 0.717) is 23.9 Å². The van der Waals surface area contributed by atoms with Crippen molar-refractivity contribution in [2.24, 2.45) is 18.9 Å². The maximum absolute atomic E-state index is 12.2. The maximum Gasteiger partial charge on any atom is 0.229 e. The van der Waals surface area contributed by atoms with E-state index in [1.165, 1.54) is 0 Å². The summed E-state index contributed by atoms with van der Waals surface area (Å²) in [4.78, 5) is 31.6. The van der Waals surface area contributed by atoms with Crippen LogP contribution in [0.2, 0.25) is 0 Å². The molecule has 0 bridgehead atoms. The van der Waals surface area contributed by atoms with Crippen molar-refractivity contribution in [3.8, 4) is 22.9 Å². The van der Waals surface area contributed by atoms with Gasteiger partial charge < -0.3 is 24.2 Å². The van der Waals surface area contributed by atoms with E-state index in [0.717, 1.165) is 28.4 Å². The van der Waals surface area contributed by atoms with Crippen molar-refractivity contribution < 1.29 is 19.1 Å². The van der Waals surface area contributed by atoms with Gasteiger partial charge in [-0.2, -0.15) is 0 Å². The largest absolute Gasteiger partial charge is 0.496 e. The zero-order valence-corrected chi connectivity index (χ0v) is 15.8. The fraction of sp³-hybridized carbons (Fsp3) is 0.300. The summed E-state index contributed by atoms with van der Waals surface area (Å²) in [6.07, 6.45) is 4.77. The summed E-state index contributed by atoms with van der Waals surface area (Å²) >= 11 is 0. The number of aldehydes is 1. The molecule has 1 saturated carbocycles. The molecule has 0 spiro atoms. The normalized spacial score (nSPS) is 18.0. The number of fused-ring (bicyclic) bond motifs is 1. The minimum atomic E-state index is -0.245. The average molecular weight is 380 g/mol. The SMILES string of the molecule is COc1ccnc(OC)c1-c1cc2cc(NC(=O)[C@H]3C[C@@H]3C=O)ncc2n1C. The Morgan fingerprint density at radius 1 is 1.29 bits per heavy atom. The third kappa shape index (κ3) is 2.96. The molecule has 4 rings (SSSR count). The molecule has 1 fully saturated rings. The lowest BCUT2D eigenvalue weighted by Crippen LogP contribution is -2.15. The van der Waals surface area contributed by atoms with Crippen LogP contribution in [0.3, 0.4) is 0 Å². The standard InChI is InChI=1S/C20H20N4O4/c1-24-14(18-16(27-2)4-5-21-20(18)28-3)7-11-8-17(22-9-15(11)24)23-19(26)13-6-12(13)10-25/h4-5,7-10,12-13H,6H2,1-3H3,(H,22,23,26)/t12-,13+/m1/s1. The second-order valence-corrected chi connectivity index (χ2v) is 6.75. The molecule has 1 amide bonds. The molecule has 2 atom stereocenters. The summed E-state index contributed by atoms with van der Waals surface area (Å²) in [6, 6.07) is 5.56. The van der Waals surface area contributed by atoms with E-state index < -0.39 is 0 Å². The Hall–Kier alpha value is -3.42. The lowest BCUT2D eigenvalue weighted by atomic mass is 10.1. The molecule has 3 aromatic heterocycles. The molecule has 8 heteroatoms. The number of pyridine rings is 2. The van der Waals surface area contributed by atoms with Gasteiger partial charge in [0.2, 0.25) is 11.8 Å². The van der Waals surface area contributed by atoms with Gasteiger partial charge in [0.1, 0.15) is 23.4 Å². The van der Waals surface area contributed by atoms with Crippen molar-refractivity contribution in [1.29, 1.82) is 0 Å². The molecule has 1 aliphatic rings. The van der Waals surface area contributed by atoms with E-state index in [1.807, 2.05) is 23.7 Å². The number of hydrogen-bond donors (Lipinski definition) is 1. The first-order chi connectivity index (χ1) is 13.6. The predicted octanol–water partition coefficient (Wildman–Crippen LogP) is 2.43. The van der Waals surface area contributed by atoms with E-state index in [9.17, 15) is 9.59 Å². The Labute approximate surface area is 161 Å². The minimum Gasteiger partial charge on any atom is -0.496 e. The molecule has 1 N–H and O–H groups in total. The second-order valence-electron chi connectivity index (χ2n) is 6.75. The molecule has 1 aliphatic carbocycles. The van der Waals surface area contributed by atoms with Crippen LogP contribution in [0.4, 0.5) is 5.82 Å². The molecule has 8 nitrogen and oxygen atoms in total. The zero-order valence-electron chi connectivity index (χ0n) is 15.8. The van der Waals surface area contributed by atoms with Gasteiger partial charge in [0.15, 0.2) is 0 Å². The van der Waals surface area contributed by atoms with Crippen LogP contribution in [0.15, 0.2) is 30.6 Å². The molecule has 0 aliphatic heterocycles. The van der Waals surface area contributed by atoms with Crippen molar-refractivity contribution in [3.05, 3.63) is 30.6 Å². The highest BCUT2D eigenvalue weighted by molar-refractivity contribution is 5.98. The smallest absolute Gasteiger partial charge is 0.229 e. The Bertz CT molecular complexity index is 1050. The third-order valence-electron chi connectivity index (χ3n) is 5.08. The van der Waals surface area contributed by atoms with E-state index in [2.05, 4.69) is 15.3 Å². The van der Waals surface area contributed by atoms with Crippen LogP contribution in [0, 0.1) is 11.8 Å². The molecule has 144 valence electrons. The van der Waals surface area contributed by atoms with Gasteiger partial charge in [0, 0.05) is 30.5 Å². The number of carbonyl (C=O) groups is 2. The number of nitrogens with one attached hydrogen (secondary N) is 1. The summed E-state index contributed by atoms with van der Waals surface area (Å²) < 4.78 is 12.9. The summed E-state index contributed by atoms with van der Waals surface area (Å²) in [5.74, 6) is 0.975. The predicted molar refractivity (Wildman–Crippen MR) is 103 cm³/mol. The van der Waals surface area contributed by atoms with Gasteiger partial charge >= 0.3 is 0 Å². The minimum absolute atomic E-state index is 0.169. The number of methoxy groups -OCH3 is 2. The Balaban J connectivity index is 1.72. The van der Waals surface area contributed by atoms with Crippen LogP contribution in [0.1, 0.15) is 6.42 Å². The summed E-state index contributed by atoms with van der Waals surface area (Å²) in [5.41, 5.74) is 2.48. The number of rotatable bonds is 6. The van der Waals surface area contributed by atoms with Crippen LogP contribution in [0.25, 0.3) is 22.2 Å². The van der Waals surface area contributed by atoms with Crippen molar-refractivity contribution in [2.75, 3.05) is 19.5 Å². The van der Waals surface area contributed by atoms with E-state index in [1.54, 1.807) is 32.7 Å². The molecule has 0 saturated heterocycles. The van der Waals surface area contributed by atoms with Crippen molar-refractivity contribution in [3.63, 3.8) is 0 Å². The monoisotopic (exact) mass is 380 g/mol. The molecule has 3 aromatic rings. The van der Waals surface area contributed by atoms with Gasteiger partial charge in [0.25, 0.3) is 0 Å². The Morgan fingerprint density at radius 3 is 2.79 bits per heavy atom. The van der Waals surface area contributed by atoms with E-state index in [-0.39, 0.29) is 17.7 Å². The second kappa shape index (κ2) is 6.95. The van der Waals surface area contributed by atoms with Crippen LogP contribution in [-0.4, -0.2) is 40.9 Å². The lowest BCUT2D eigenvalue weighted by Gasteiger charge is -2.12. The molecular weight excluding hydrogens is 360 g/mol. The highest BCUT2D eigenvalue weighted by Gasteiger charge is 2.42. The first-order valence-electron chi connectivity index (χ1n) is 8.86. The number of nitrogens with zero attached hydrogens (tertiary/aromatic N) is 3. The fourth-order valence-corrected chi connectivity index (χ4v) is 3.41. The highest BCUT2D eigenvalue weighted by Crippen LogP contribution is 2.40. The lowest BCUT2D eigenvalue weighted by molar-refractivity contribution is -0.119. The number of carbonyl (C=O) groups excluding carboxylic acids is 2. The number of hydrogen-bond acceptors (Lipinski definition) is 6. The van der Waals surface area contributed by atoms with E-state index >= 15 is 0 Å². The quantitative estimate of drug-likeness (QED) is 0.660. The molecule has 0 unspecified atom stereocenters. The number of aromatic nitrogens is 3. The molecule has 3 heterocycles. The molecular formula is C20H20N4O4. The van der Waals surface area contributed by atoms with Gasteiger partial charge in [-0.3, -0.25) is 4.79 Å². The van der Waals surface area contributed by atoms with Crippen LogP contribution in [0.5, 0.6) is 11.6 Å². The van der Waals surface area contributed by atoms with Gasteiger partial charge in [-0.25, -0.2) is 9.97 Å². The topological polar surface area (TPSA) is 95.3 Å². The fourth-order valence-electron chi connectivity index (χ4n) is 3.41. The molecule has 28 heavy (non-hydrogen) atoms. The number of amides is 1. The van der Waals surface area contributed by atoms with Crippen LogP contribution in [-0.2, 0) is 16.6 Å². The maximum atomic E-state index is 12.2. The Morgan fingerprint density at radius 2 is 2.11 bits per heavy atom. The van der Waals surface area contributed by atoms with E-state index in [4.69, 9.17) is 9.47 Å². The van der Waals surface area contributed by atoms with Crippen LogP contribution >= 0.6 is 0 Å². The number of anilines is 1. The highest BCUT2D eigenvalue weighted by atomic mass is 16.5. The van der Waals surface area contributed by atoms with Crippen molar-refractivity contribution in [1.82, 2.24) is 14.5 Å². The molecule has 0 radical (unpaired) electrons. The summed E-state index contributed by atoms with van der Waals surface area (Å²) in [6.45, 7) is 0. The third-order valence-corrected chi connectivity index (χ3v) is 5.08. The van der Waals surface area contributed by atoms with Gasteiger partial charge in [-0.1, -0.05) is 0 Å². The number of ether oxygens (including phenoxy) is 2. The molecule has 0 aromatic carbocycles.